The maximum atomic E-state index is 10.7. The summed E-state index contributed by atoms with van der Waals surface area (Å²) >= 11 is 12.4. The van der Waals surface area contributed by atoms with Gasteiger partial charge in [0.1, 0.15) is 5.69 Å². The van der Waals surface area contributed by atoms with Gasteiger partial charge in [0, 0.05) is 36.2 Å². The number of hydrogen-bond donors (Lipinski definition) is 2. The van der Waals surface area contributed by atoms with E-state index in [-0.39, 0.29) is 0 Å². The van der Waals surface area contributed by atoms with Gasteiger partial charge in [-0.2, -0.15) is 10.2 Å². The smallest absolute Gasteiger partial charge is 0.162 e. The Hall–Kier alpha value is -2.61. The molecule has 9 heteroatoms. The first-order chi connectivity index (χ1) is 12.5. The van der Waals surface area contributed by atoms with Gasteiger partial charge in [0.25, 0.3) is 0 Å². The second-order valence-corrected chi connectivity index (χ2v) is 6.57. The minimum absolute atomic E-state index is 0.517. The number of nitrogens with one attached hydrogen (secondary N) is 1. The second-order valence-electron chi connectivity index (χ2n) is 5.72. The van der Waals surface area contributed by atoms with E-state index in [9.17, 15) is 5.11 Å². The molecular weight excluding hydrogens is 375 g/mol. The first-order valence-corrected chi connectivity index (χ1v) is 8.50. The van der Waals surface area contributed by atoms with Crippen LogP contribution in [0.25, 0.3) is 16.9 Å². The third-order valence-electron chi connectivity index (χ3n) is 3.91. The van der Waals surface area contributed by atoms with Crippen molar-refractivity contribution in [3.05, 3.63) is 64.7 Å². The summed E-state index contributed by atoms with van der Waals surface area (Å²) in [6.07, 6.45) is 5.72. The number of aliphatic hydroxyl groups is 1. The lowest BCUT2D eigenvalue weighted by Crippen LogP contribution is -2.10. The molecule has 0 aliphatic rings. The van der Waals surface area contributed by atoms with Crippen LogP contribution in [0.4, 0.5) is 5.69 Å². The minimum atomic E-state index is -1.02. The van der Waals surface area contributed by atoms with Crippen molar-refractivity contribution in [2.75, 3.05) is 5.32 Å². The van der Waals surface area contributed by atoms with Crippen LogP contribution in [0.15, 0.2) is 49.1 Å². The van der Waals surface area contributed by atoms with Crippen LogP contribution in [-0.4, -0.2) is 29.5 Å². The molecule has 0 aliphatic carbocycles. The molecular formula is C17H14Cl2N6O. The molecule has 3 aromatic heterocycles. The van der Waals surface area contributed by atoms with Crippen molar-refractivity contribution in [2.45, 2.75) is 6.23 Å². The molecule has 0 radical (unpaired) electrons. The maximum absolute atomic E-state index is 10.7. The standard InChI is InChI=1S/C17H14Cl2N6O/c1-24-9-14(15(23-24)11-7-10(18)3-4-13(11)19)22-17(26)12-8-21-25-6-2-5-20-16(12)25/h2-9,17,22,26H,1H3. The Bertz CT molecular complexity index is 1090. The largest absolute Gasteiger partial charge is 0.369 e. The highest BCUT2D eigenvalue weighted by molar-refractivity contribution is 6.35. The Morgan fingerprint density at radius 3 is 2.96 bits per heavy atom. The average Bonchev–Trinajstić information content (AvgIpc) is 3.20. The highest BCUT2D eigenvalue weighted by atomic mass is 35.5. The number of benzene rings is 1. The lowest BCUT2D eigenvalue weighted by atomic mass is 10.1. The second kappa shape index (κ2) is 6.60. The predicted molar refractivity (Wildman–Crippen MR) is 100 cm³/mol. The molecule has 7 nitrogen and oxygen atoms in total. The summed E-state index contributed by atoms with van der Waals surface area (Å²) in [5.41, 5.74) is 2.99. The lowest BCUT2D eigenvalue weighted by Gasteiger charge is -2.13. The van der Waals surface area contributed by atoms with Crippen LogP contribution in [0.2, 0.25) is 10.0 Å². The highest BCUT2D eigenvalue weighted by Crippen LogP contribution is 2.35. The van der Waals surface area contributed by atoms with E-state index in [4.69, 9.17) is 23.2 Å². The Labute approximate surface area is 158 Å². The molecule has 2 N–H and O–H groups in total. The average molecular weight is 389 g/mol. The SMILES string of the molecule is Cn1cc(NC(O)c2cnn3cccnc23)c(-c2cc(Cl)ccc2Cl)n1. The fraction of sp³-hybridized carbons (Fsp3) is 0.118. The quantitative estimate of drug-likeness (QED) is 0.522. The van der Waals surface area contributed by atoms with Crippen LogP contribution in [0.5, 0.6) is 0 Å². The van der Waals surface area contributed by atoms with Crippen molar-refractivity contribution in [2.24, 2.45) is 7.05 Å². The maximum Gasteiger partial charge on any atom is 0.162 e. The number of aromatic nitrogens is 5. The van der Waals surface area contributed by atoms with E-state index in [0.29, 0.717) is 38.2 Å². The van der Waals surface area contributed by atoms with Crippen LogP contribution in [0.3, 0.4) is 0 Å². The summed E-state index contributed by atoms with van der Waals surface area (Å²) in [5, 5.41) is 23.4. The third-order valence-corrected chi connectivity index (χ3v) is 4.47. The first-order valence-electron chi connectivity index (χ1n) is 7.75. The Morgan fingerprint density at radius 1 is 1.27 bits per heavy atom. The first kappa shape index (κ1) is 16.8. The molecule has 132 valence electrons. The molecule has 3 heterocycles. The zero-order valence-electron chi connectivity index (χ0n) is 13.6. The molecule has 0 aliphatic heterocycles. The van der Waals surface area contributed by atoms with E-state index in [1.165, 1.54) is 0 Å². The molecule has 0 saturated heterocycles. The number of aliphatic hydroxyl groups excluding tert-OH is 1. The van der Waals surface area contributed by atoms with E-state index in [0.717, 1.165) is 0 Å². The number of halogens is 2. The molecule has 1 aromatic carbocycles. The van der Waals surface area contributed by atoms with Gasteiger partial charge in [0.2, 0.25) is 0 Å². The van der Waals surface area contributed by atoms with Crippen LogP contribution < -0.4 is 5.32 Å². The van der Waals surface area contributed by atoms with Crippen LogP contribution in [0, 0.1) is 0 Å². The van der Waals surface area contributed by atoms with E-state index >= 15 is 0 Å². The van der Waals surface area contributed by atoms with Gasteiger partial charge in [-0.25, -0.2) is 9.50 Å². The van der Waals surface area contributed by atoms with Gasteiger partial charge in [0.05, 0.1) is 22.5 Å². The van der Waals surface area contributed by atoms with Crippen molar-refractivity contribution < 1.29 is 5.11 Å². The molecule has 0 amide bonds. The fourth-order valence-electron chi connectivity index (χ4n) is 2.74. The summed E-state index contributed by atoms with van der Waals surface area (Å²) in [6.45, 7) is 0. The van der Waals surface area contributed by atoms with Crippen molar-refractivity contribution in [3.63, 3.8) is 0 Å². The van der Waals surface area contributed by atoms with E-state index in [2.05, 4.69) is 20.5 Å². The Balaban J connectivity index is 1.72. The van der Waals surface area contributed by atoms with Gasteiger partial charge in [-0.05, 0) is 24.3 Å². The van der Waals surface area contributed by atoms with Gasteiger partial charge in [-0.15, -0.1) is 0 Å². The summed E-state index contributed by atoms with van der Waals surface area (Å²) < 4.78 is 3.23. The van der Waals surface area contributed by atoms with E-state index in [1.807, 2.05) is 0 Å². The number of nitrogens with zero attached hydrogens (tertiary/aromatic N) is 5. The van der Waals surface area contributed by atoms with Crippen LogP contribution >= 0.6 is 23.2 Å². The van der Waals surface area contributed by atoms with Gasteiger partial charge >= 0.3 is 0 Å². The number of fused-ring (bicyclic) bond motifs is 1. The third kappa shape index (κ3) is 3.01. The minimum Gasteiger partial charge on any atom is -0.369 e. The van der Waals surface area contributed by atoms with E-state index in [1.54, 1.807) is 65.3 Å². The topological polar surface area (TPSA) is 80.3 Å². The number of rotatable bonds is 4. The zero-order chi connectivity index (χ0) is 18.3. The number of hydrogen-bond acceptors (Lipinski definition) is 5. The number of anilines is 1. The van der Waals surface area contributed by atoms with Crippen molar-refractivity contribution in [3.8, 4) is 11.3 Å². The molecule has 4 aromatic rings. The molecule has 1 atom stereocenters. The molecule has 4 rings (SSSR count). The summed E-state index contributed by atoms with van der Waals surface area (Å²) in [7, 11) is 1.79. The Kier molecular flexibility index (Phi) is 4.28. The predicted octanol–water partition coefficient (Wildman–Crippen LogP) is 3.54. The van der Waals surface area contributed by atoms with E-state index < -0.39 is 6.23 Å². The fourth-order valence-corrected chi connectivity index (χ4v) is 3.11. The molecule has 0 saturated carbocycles. The molecule has 0 spiro atoms. The molecule has 0 fully saturated rings. The monoisotopic (exact) mass is 388 g/mol. The normalized spacial score (nSPS) is 12.5. The summed E-state index contributed by atoms with van der Waals surface area (Å²) in [4.78, 5) is 4.26. The summed E-state index contributed by atoms with van der Waals surface area (Å²) in [5.74, 6) is 0. The van der Waals surface area contributed by atoms with Gasteiger partial charge in [-0.1, -0.05) is 23.2 Å². The molecule has 0 bridgehead atoms. The van der Waals surface area contributed by atoms with Crippen molar-refractivity contribution in [1.29, 1.82) is 0 Å². The van der Waals surface area contributed by atoms with Gasteiger partial charge in [0.15, 0.2) is 11.9 Å². The molecule has 1 unspecified atom stereocenters. The van der Waals surface area contributed by atoms with Crippen molar-refractivity contribution in [1.82, 2.24) is 24.4 Å². The van der Waals surface area contributed by atoms with Gasteiger partial charge in [-0.3, -0.25) is 4.68 Å². The lowest BCUT2D eigenvalue weighted by molar-refractivity contribution is 0.209. The summed E-state index contributed by atoms with van der Waals surface area (Å²) in [6, 6.07) is 6.93. The van der Waals surface area contributed by atoms with Crippen LogP contribution in [-0.2, 0) is 7.05 Å². The molecule has 26 heavy (non-hydrogen) atoms. The highest BCUT2D eigenvalue weighted by Gasteiger charge is 2.19. The Morgan fingerprint density at radius 2 is 2.12 bits per heavy atom. The van der Waals surface area contributed by atoms with Crippen LogP contribution in [0.1, 0.15) is 11.8 Å². The van der Waals surface area contributed by atoms with Gasteiger partial charge < -0.3 is 10.4 Å². The van der Waals surface area contributed by atoms with Crippen molar-refractivity contribution >= 4 is 34.5 Å². The number of aryl methyl sites for hydroxylation is 1. The zero-order valence-corrected chi connectivity index (χ0v) is 15.1.